The van der Waals surface area contributed by atoms with Crippen molar-refractivity contribution in [1.82, 2.24) is 10.3 Å². The Morgan fingerprint density at radius 3 is 2.59 bits per heavy atom. The number of aromatic nitrogens is 1. The van der Waals surface area contributed by atoms with Gasteiger partial charge in [-0.15, -0.1) is 0 Å². The van der Waals surface area contributed by atoms with Gasteiger partial charge in [0.25, 0.3) is 5.91 Å². The number of carbonyl (C=O) groups is 1. The fraction of sp³-hybridized carbons (Fsp3) is 0.235. The van der Waals surface area contributed by atoms with Crippen molar-refractivity contribution in [2.24, 2.45) is 0 Å². The SMILES string of the molecule is CC.CNC(=O)c1cc(Oc2ccc(C#N)cc2C)ccn1. The molecule has 1 heterocycles. The quantitative estimate of drug-likeness (QED) is 0.941. The summed E-state index contributed by atoms with van der Waals surface area (Å²) < 4.78 is 5.71. The lowest BCUT2D eigenvalue weighted by Gasteiger charge is -2.09. The van der Waals surface area contributed by atoms with E-state index in [0.717, 1.165) is 5.56 Å². The number of nitrogens with zero attached hydrogens (tertiary/aromatic N) is 2. The van der Waals surface area contributed by atoms with E-state index in [9.17, 15) is 4.79 Å². The molecule has 0 spiro atoms. The second-order valence-corrected chi connectivity index (χ2v) is 4.15. The zero-order valence-electron chi connectivity index (χ0n) is 13.2. The predicted octanol–water partition coefficient (Wildman–Crippen LogP) is 3.44. The molecule has 1 aromatic carbocycles. The number of nitrogens with one attached hydrogen (secondary N) is 1. The van der Waals surface area contributed by atoms with E-state index in [1.165, 1.54) is 6.20 Å². The first-order valence-corrected chi connectivity index (χ1v) is 7.01. The van der Waals surface area contributed by atoms with Gasteiger partial charge in [-0.05, 0) is 36.8 Å². The van der Waals surface area contributed by atoms with E-state index in [4.69, 9.17) is 10.00 Å². The van der Waals surface area contributed by atoms with Crippen molar-refractivity contribution in [2.75, 3.05) is 7.05 Å². The van der Waals surface area contributed by atoms with Gasteiger partial charge in [0.2, 0.25) is 0 Å². The maximum atomic E-state index is 11.5. The minimum Gasteiger partial charge on any atom is -0.457 e. The molecule has 0 saturated heterocycles. The van der Waals surface area contributed by atoms with E-state index in [2.05, 4.69) is 16.4 Å². The van der Waals surface area contributed by atoms with Gasteiger partial charge in [0.05, 0.1) is 11.6 Å². The molecule has 1 amide bonds. The van der Waals surface area contributed by atoms with Crippen LogP contribution < -0.4 is 10.1 Å². The lowest BCUT2D eigenvalue weighted by molar-refractivity contribution is 0.0958. The Morgan fingerprint density at radius 1 is 1.27 bits per heavy atom. The number of hydrogen-bond donors (Lipinski definition) is 1. The maximum absolute atomic E-state index is 11.5. The molecule has 0 fully saturated rings. The average molecular weight is 297 g/mol. The second kappa shape index (κ2) is 8.42. The van der Waals surface area contributed by atoms with Gasteiger partial charge in [0.15, 0.2) is 0 Å². The highest BCUT2D eigenvalue weighted by molar-refractivity contribution is 5.92. The molecule has 1 N–H and O–H groups in total. The molecule has 0 unspecified atom stereocenters. The van der Waals surface area contributed by atoms with E-state index < -0.39 is 0 Å². The van der Waals surface area contributed by atoms with E-state index in [0.29, 0.717) is 17.1 Å². The van der Waals surface area contributed by atoms with Crippen LogP contribution in [-0.4, -0.2) is 17.9 Å². The molecule has 0 aliphatic rings. The standard InChI is InChI=1S/C15H13N3O2.C2H6/c1-10-7-11(9-16)3-4-14(10)20-12-5-6-18-13(8-12)15(19)17-2;1-2/h3-8H,1-2H3,(H,17,19);1-2H3. The van der Waals surface area contributed by atoms with Crippen molar-refractivity contribution in [1.29, 1.82) is 5.26 Å². The Morgan fingerprint density at radius 2 is 2.00 bits per heavy atom. The summed E-state index contributed by atoms with van der Waals surface area (Å²) in [6.45, 7) is 5.86. The first-order chi connectivity index (χ1) is 10.6. The van der Waals surface area contributed by atoms with E-state index in [1.54, 1.807) is 37.4 Å². The summed E-state index contributed by atoms with van der Waals surface area (Å²) in [7, 11) is 1.54. The summed E-state index contributed by atoms with van der Waals surface area (Å²) in [6.07, 6.45) is 1.51. The molecule has 1 aromatic heterocycles. The van der Waals surface area contributed by atoms with Crippen LogP contribution in [0.15, 0.2) is 36.5 Å². The first kappa shape index (κ1) is 17.2. The Balaban J connectivity index is 0.00000116. The third-order valence-electron chi connectivity index (χ3n) is 2.72. The molecular formula is C17H19N3O2. The van der Waals surface area contributed by atoms with Crippen LogP contribution in [-0.2, 0) is 0 Å². The van der Waals surface area contributed by atoms with E-state index in [1.807, 2.05) is 20.8 Å². The van der Waals surface area contributed by atoms with Crippen LogP contribution in [0.5, 0.6) is 11.5 Å². The van der Waals surface area contributed by atoms with E-state index >= 15 is 0 Å². The van der Waals surface area contributed by atoms with Gasteiger partial charge >= 0.3 is 0 Å². The number of carbonyl (C=O) groups excluding carboxylic acids is 1. The van der Waals surface area contributed by atoms with Crippen molar-refractivity contribution in [3.63, 3.8) is 0 Å². The fourth-order valence-electron chi connectivity index (χ4n) is 1.69. The molecule has 0 saturated carbocycles. The zero-order valence-corrected chi connectivity index (χ0v) is 13.2. The molecule has 0 atom stereocenters. The Kier molecular flexibility index (Phi) is 6.58. The minimum atomic E-state index is -0.271. The summed E-state index contributed by atoms with van der Waals surface area (Å²) >= 11 is 0. The summed E-state index contributed by atoms with van der Waals surface area (Å²) in [6, 6.07) is 10.5. The van der Waals surface area contributed by atoms with Crippen LogP contribution in [0.4, 0.5) is 0 Å². The first-order valence-electron chi connectivity index (χ1n) is 7.01. The number of nitriles is 1. The lowest BCUT2D eigenvalue weighted by Crippen LogP contribution is -2.18. The highest BCUT2D eigenvalue weighted by Gasteiger charge is 2.08. The normalized spacial score (nSPS) is 9.05. The van der Waals surface area contributed by atoms with Gasteiger partial charge in [0, 0.05) is 19.3 Å². The molecule has 0 bridgehead atoms. The number of rotatable bonds is 3. The number of amides is 1. The second-order valence-electron chi connectivity index (χ2n) is 4.15. The van der Waals surface area contributed by atoms with Gasteiger partial charge in [-0.1, -0.05) is 13.8 Å². The van der Waals surface area contributed by atoms with Gasteiger partial charge in [0.1, 0.15) is 17.2 Å². The van der Waals surface area contributed by atoms with Crippen LogP contribution in [0.1, 0.15) is 35.5 Å². The Hall–Kier alpha value is -2.87. The third kappa shape index (κ3) is 4.32. The number of aryl methyl sites for hydroxylation is 1. The number of pyridine rings is 1. The van der Waals surface area contributed by atoms with Gasteiger partial charge in [-0.2, -0.15) is 5.26 Å². The molecule has 22 heavy (non-hydrogen) atoms. The van der Waals surface area contributed by atoms with Crippen molar-refractivity contribution >= 4 is 5.91 Å². The number of benzene rings is 1. The lowest BCUT2D eigenvalue weighted by atomic mass is 10.1. The number of hydrogen-bond acceptors (Lipinski definition) is 4. The van der Waals surface area contributed by atoms with Gasteiger partial charge < -0.3 is 10.1 Å². The summed E-state index contributed by atoms with van der Waals surface area (Å²) in [4.78, 5) is 15.5. The van der Waals surface area contributed by atoms with Crippen LogP contribution in [0.25, 0.3) is 0 Å². The molecule has 2 rings (SSSR count). The largest absolute Gasteiger partial charge is 0.457 e. The smallest absolute Gasteiger partial charge is 0.269 e. The molecule has 0 aliphatic heterocycles. The maximum Gasteiger partial charge on any atom is 0.269 e. The topological polar surface area (TPSA) is 75.0 Å². The van der Waals surface area contributed by atoms with Crippen LogP contribution in [0.3, 0.4) is 0 Å². The summed E-state index contributed by atoms with van der Waals surface area (Å²) in [5, 5.41) is 11.3. The molecule has 5 nitrogen and oxygen atoms in total. The third-order valence-corrected chi connectivity index (χ3v) is 2.72. The molecular weight excluding hydrogens is 278 g/mol. The highest BCUT2D eigenvalue weighted by atomic mass is 16.5. The molecule has 0 aliphatic carbocycles. The van der Waals surface area contributed by atoms with Crippen LogP contribution >= 0.6 is 0 Å². The van der Waals surface area contributed by atoms with E-state index in [-0.39, 0.29) is 11.6 Å². The van der Waals surface area contributed by atoms with Crippen molar-refractivity contribution in [3.8, 4) is 17.6 Å². The van der Waals surface area contributed by atoms with Crippen LogP contribution in [0.2, 0.25) is 0 Å². The fourth-order valence-corrected chi connectivity index (χ4v) is 1.69. The monoisotopic (exact) mass is 297 g/mol. The average Bonchev–Trinajstić information content (AvgIpc) is 2.58. The van der Waals surface area contributed by atoms with Gasteiger partial charge in [-0.3, -0.25) is 9.78 Å². The number of ether oxygens (including phenoxy) is 1. The highest BCUT2D eigenvalue weighted by Crippen LogP contribution is 2.25. The molecule has 114 valence electrons. The van der Waals surface area contributed by atoms with Crippen LogP contribution in [0, 0.1) is 18.3 Å². The molecule has 5 heteroatoms. The summed E-state index contributed by atoms with van der Waals surface area (Å²) in [5.41, 5.74) is 1.72. The molecule has 2 aromatic rings. The van der Waals surface area contributed by atoms with Crippen molar-refractivity contribution in [2.45, 2.75) is 20.8 Å². The predicted molar refractivity (Wildman–Crippen MR) is 84.9 cm³/mol. The van der Waals surface area contributed by atoms with Crippen molar-refractivity contribution < 1.29 is 9.53 Å². The zero-order chi connectivity index (χ0) is 16.5. The Bertz CT molecular complexity index is 691. The minimum absolute atomic E-state index is 0.271. The van der Waals surface area contributed by atoms with Gasteiger partial charge in [-0.25, -0.2) is 0 Å². The summed E-state index contributed by atoms with van der Waals surface area (Å²) in [5.74, 6) is 0.886. The molecule has 0 radical (unpaired) electrons. The van der Waals surface area contributed by atoms with Crippen molar-refractivity contribution in [3.05, 3.63) is 53.3 Å². The Labute approximate surface area is 130 Å².